The van der Waals surface area contributed by atoms with Crippen molar-refractivity contribution in [1.82, 2.24) is 15.5 Å². The largest absolute Gasteiger partial charge is 0.508 e. The number of para-hydroxylation sites is 1. The van der Waals surface area contributed by atoms with E-state index in [-0.39, 0.29) is 29.7 Å². The van der Waals surface area contributed by atoms with Gasteiger partial charge in [-0.3, -0.25) is 14.4 Å². The van der Waals surface area contributed by atoms with Crippen LogP contribution in [0.25, 0.3) is 0 Å². The second-order valence-electron chi connectivity index (χ2n) is 10.7. The van der Waals surface area contributed by atoms with Gasteiger partial charge in [0.1, 0.15) is 30.0 Å². The molecule has 4 atom stereocenters. The van der Waals surface area contributed by atoms with E-state index < -0.39 is 48.1 Å². The number of methoxy groups -OCH3 is 1. The van der Waals surface area contributed by atoms with Crippen LogP contribution in [0.2, 0.25) is 0 Å². The molecular formula is C29H37N3O7. The maximum absolute atomic E-state index is 14.3. The quantitative estimate of drug-likeness (QED) is 0.395. The Morgan fingerprint density at radius 1 is 1.05 bits per heavy atom. The SMILES string of the molecule is COC(=O)CNC(=O)C(c1ccccc1O)N(C(=O)C(Cc1ccccc1)NC(=O)OC(C)(C)C)C1CC1C. The first kappa shape index (κ1) is 29.5. The number of esters is 1. The second-order valence-corrected chi connectivity index (χ2v) is 10.7. The summed E-state index contributed by atoms with van der Waals surface area (Å²) >= 11 is 0. The highest BCUT2D eigenvalue weighted by atomic mass is 16.6. The average Bonchev–Trinajstić information content (AvgIpc) is 3.60. The first-order valence-corrected chi connectivity index (χ1v) is 12.9. The molecule has 0 spiro atoms. The van der Waals surface area contributed by atoms with Crippen molar-refractivity contribution in [3.8, 4) is 5.75 Å². The molecule has 0 heterocycles. The van der Waals surface area contributed by atoms with Crippen LogP contribution >= 0.6 is 0 Å². The van der Waals surface area contributed by atoms with Gasteiger partial charge >= 0.3 is 12.1 Å². The maximum atomic E-state index is 14.3. The summed E-state index contributed by atoms with van der Waals surface area (Å²) in [5, 5.41) is 15.9. The highest BCUT2D eigenvalue weighted by molar-refractivity contribution is 5.94. The fourth-order valence-electron chi connectivity index (χ4n) is 4.32. The minimum atomic E-state index is -1.27. The van der Waals surface area contributed by atoms with Gasteiger partial charge in [-0.25, -0.2) is 4.79 Å². The summed E-state index contributed by atoms with van der Waals surface area (Å²) in [6.45, 7) is 6.70. The average molecular weight is 540 g/mol. The highest BCUT2D eigenvalue weighted by Gasteiger charge is 2.48. The summed E-state index contributed by atoms with van der Waals surface area (Å²) < 4.78 is 10.1. The van der Waals surface area contributed by atoms with Gasteiger partial charge < -0.3 is 30.1 Å². The van der Waals surface area contributed by atoms with Gasteiger partial charge in [-0.2, -0.15) is 0 Å². The normalized spacial score (nSPS) is 17.8. The molecule has 3 rings (SSSR count). The molecule has 39 heavy (non-hydrogen) atoms. The van der Waals surface area contributed by atoms with Gasteiger partial charge in [0.2, 0.25) is 11.8 Å². The molecule has 1 fully saturated rings. The molecule has 1 aliphatic rings. The van der Waals surface area contributed by atoms with Gasteiger partial charge in [0, 0.05) is 18.0 Å². The molecule has 3 amide bonds. The number of benzene rings is 2. The van der Waals surface area contributed by atoms with Crippen molar-refractivity contribution in [3.63, 3.8) is 0 Å². The van der Waals surface area contributed by atoms with Crippen molar-refractivity contribution in [2.24, 2.45) is 5.92 Å². The molecule has 1 aliphatic carbocycles. The minimum Gasteiger partial charge on any atom is -0.508 e. The minimum absolute atomic E-state index is 0.0783. The molecule has 10 nitrogen and oxygen atoms in total. The number of rotatable bonds is 10. The Morgan fingerprint density at radius 3 is 2.23 bits per heavy atom. The number of carbonyl (C=O) groups excluding carboxylic acids is 4. The maximum Gasteiger partial charge on any atom is 0.408 e. The van der Waals surface area contributed by atoms with Crippen LogP contribution in [0.3, 0.4) is 0 Å². The van der Waals surface area contributed by atoms with E-state index in [1.54, 1.807) is 39.0 Å². The lowest BCUT2D eigenvalue weighted by molar-refractivity contribution is -0.145. The molecule has 2 aromatic carbocycles. The molecule has 210 valence electrons. The molecule has 10 heteroatoms. The Hall–Kier alpha value is -4.08. The van der Waals surface area contributed by atoms with E-state index in [1.807, 2.05) is 37.3 Å². The summed E-state index contributed by atoms with van der Waals surface area (Å²) in [5.41, 5.74) is 0.203. The second kappa shape index (κ2) is 12.6. The van der Waals surface area contributed by atoms with E-state index in [2.05, 4.69) is 15.4 Å². The third-order valence-electron chi connectivity index (χ3n) is 6.34. The zero-order valence-electron chi connectivity index (χ0n) is 23.0. The monoisotopic (exact) mass is 539 g/mol. The van der Waals surface area contributed by atoms with Crippen LogP contribution in [0.15, 0.2) is 54.6 Å². The van der Waals surface area contributed by atoms with E-state index in [0.29, 0.717) is 6.42 Å². The third kappa shape index (κ3) is 8.20. The van der Waals surface area contributed by atoms with Gasteiger partial charge in [-0.1, -0.05) is 55.5 Å². The smallest absolute Gasteiger partial charge is 0.408 e. The molecular weight excluding hydrogens is 502 g/mol. The zero-order chi connectivity index (χ0) is 28.7. The predicted molar refractivity (Wildman–Crippen MR) is 144 cm³/mol. The van der Waals surface area contributed by atoms with E-state index in [4.69, 9.17) is 4.74 Å². The van der Waals surface area contributed by atoms with Crippen LogP contribution in [-0.4, -0.2) is 65.2 Å². The topological polar surface area (TPSA) is 134 Å². The van der Waals surface area contributed by atoms with Crippen LogP contribution in [-0.2, 0) is 30.3 Å². The summed E-state index contributed by atoms with van der Waals surface area (Å²) in [4.78, 5) is 53.8. The van der Waals surface area contributed by atoms with Gasteiger partial charge in [0.05, 0.1) is 7.11 Å². The van der Waals surface area contributed by atoms with E-state index in [0.717, 1.165) is 5.56 Å². The lowest BCUT2D eigenvalue weighted by atomic mass is 9.99. The lowest BCUT2D eigenvalue weighted by Crippen LogP contribution is -2.55. The highest BCUT2D eigenvalue weighted by Crippen LogP contribution is 2.42. The van der Waals surface area contributed by atoms with Crippen molar-refractivity contribution in [2.45, 2.75) is 64.3 Å². The van der Waals surface area contributed by atoms with Crippen LogP contribution in [0.4, 0.5) is 4.79 Å². The van der Waals surface area contributed by atoms with Gasteiger partial charge in [-0.15, -0.1) is 0 Å². The van der Waals surface area contributed by atoms with Gasteiger partial charge in [0.15, 0.2) is 0 Å². The number of carbonyl (C=O) groups is 4. The molecule has 0 radical (unpaired) electrons. The standard InChI is InChI=1S/C29H37N3O7/c1-18-15-22(18)32(25(20-13-9-10-14-23(20)33)26(35)30-17-24(34)38-5)27(36)21(16-19-11-7-6-8-12-19)31-28(37)39-29(2,3)4/h6-14,18,21-22,25,33H,15-17H2,1-5H3,(H,30,35)(H,31,37). The van der Waals surface area contributed by atoms with E-state index in [1.165, 1.54) is 18.1 Å². The number of phenols is 1. The predicted octanol–water partition coefficient (Wildman–Crippen LogP) is 3.10. The Bertz CT molecular complexity index is 1180. The van der Waals surface area contributed by atoms with E-state index in [9.17, 15) is 24.3 Å². The van der Waals surface area contributed by atoms with Crippen molar-refractivity contribution in [1.29, 1.82) is 0 Å². The zero-order valence-corrected chi connectivity index (χ0v) is 23.0. The molecule has 0 saturated heterocycles. The Morgan fingerprint density at radius 2 is 1.67 bits per heavy atom. The number of alkyl carbamates (subject to hydrolysis) is 1. The number of amides is 3. The number of hydrogen-bond acceptors (Lipinski definition) is 7. The van der Waals surface area contributed by atoms with Crippen LogP contribution in [0.5, 0.6) is 5.75 Å². The molecule has 4 unspecified atom stereocenters. The molecule has 0 bridgehead atoms. The summed E-state index contributed by atoms with van der Waals surface area (Å²) in [5.74, 6) is -1.94. The molecule has 0 aromatic heterocycles. The Balaban J connectivity index is 2.03. The molecule has 2 aromatic rings. The first-order chi connectivity index (χ1) is 18.4. The number of nitrogens with one attached hydrogen (secondary N) is 2. The third-order valence-corrected chi connectivity index (χ3v) is 6.34. The van der Waals surface area contributed by atoms with E-state index >= 15 is 0 Å². The van der Waals surface area contributed by atoms with Crippen LogP contribution in [0.1, 0.15) is 51.3 Å². The number of nitrogens with zero attached hydrogens (tertiary/aromatic N) is 1. The Kier molecular flexibility index (Phi) is 9.56. The molecule has 1 saturated carbocycles. The van der Waals surface area contributed by atoms with Crippen LogP contribution in [0, 0.1) is 5.92 Å². The summed E-state index contributed by atoms with van der Waals surface area (Å²) in [6.07, 6.45) is 0.00751. The fraction of sp³-hybridized carbons (Fsp3) is 0.448. The molecule has 3 N–H and O–H groups in total. The van der Waals surface area contributed by atoms with Crippen molar-refractivity contribution in [2.75, 3.05) is 13.7 Å². The van der Waals surface area contributed by atoms with Crippen molar-refractivity contribution in [3.05, 3.63) is 65.7 Å². The van der Waals surface area contributed by atoms with Gasteiger partial charge in [0.25, 0.3) is 0 Å². The Labute approximate surface area is 228 Å². The summed E-state index contributed by atoms with van der Waals surface area (Å²) in [7, 11) is 1.20. The number of ether oxygens (including phenoxy) is 2. The fourth-order valence-corrected chi connectivity index (χ4v) is 4.32. The first-order valence-electron chi connectivity index (χ1n) is 12.9. The summed E-state index contributed by atoms with van der Waals surface area (Å²) in [6, 6.07) is 12.7. The lowest BCUT2D eigenvalue weighted by Gasteiger charge is -2.35. The number of hydrogen-bond donors (Lipinski definition) is 3. The van der Waals surface area contributed by atoms with Crippen molar-refractivity contribution < 1.29 is 33.8 Å². The van der Waals surface area contributed by atoms with Gasteiger partial charge in [-0.05, 0) is 44.7 Å². The van der Waals surface area contributed by atoms with Crippen molar-refractivity contribution >= 4 is 23.9 Å². The number of phenolic OH excluding ortho intramolecular Hbond substituents is 1. The number of aromatic hydroxyl groups is 1. The molecule has 0 aliphatic heterocycles. The van der Waals surface area contributed by atoms with Crippen LogP contribution < -0.4 is 10.6 Å².